The number of allylic oxidation sites excluding steroid dienone is 4. The molecule has 1 unspecified atom stereocenters. The topological polar surface area (TPSA) is 0 Å². The predicted molar refractivity (Wildman–Crippen MR) is 92.9 cm³/mol. The Hall–Kier alpha value is -1.08. The van der Waals surface area contributed by atoms with Crippen LogP contribution in [0.5, 0.6) is 0 Å². The summed E-state index contributed by atoms with van der Waals surface area (Å²) in [6, 6.07) is 6.95. The third-order valence-electron chi connectivity index (χ3n) is 4.13. The Morgan fingerprint density at radius 1 is 1.00 bits per heavy atom. The van der Waals surface area contributed by atoms with E-state index < -0.39 is 8.07 Å². The summed E-state index contributed by atoms with van der Waals surface area (Å²) in [5.74, 6) is 0.636. The van der Waals surface area contributed by atoms with E-state index >= 15 is 0 Å². The normalized spacial score (nSPS) is 16.9. The summed E-state index contributed by atoms with van der Waals surface area (Å²) >= 11 is 0. The van der Waals surface area contributed by atoms with Gasteiger partial charge in [0.05, 0.1) is 8.07 Å². The number of hydrogen-bond acceptors (Lipinski definition) is 0. The van der Waals surface area contributed by atoms with Gasteiger partial charge < -0.3 is 0 Å². The molecule has 0 aliphatic heterocycles. The zero-order chi connectivity index (χ0) is 14.9. The van der Waals surface area contributed by atoms with Crippen molar-refractivity contribution in [2.75, 3.05) is 0 Å². The van der Waals surface area contributed by atoms with Crippen LogP contribution in [0.2, 0.25) is 19.6 Å². The Morgan fingerprint density at radius 3 is 2.15 bits per heavy atom. The van der Waals surface area contributed by atoms with Crippen molar-refractivity contribution >= 4 is 8.07 Å². The fraction of sp³-hybridized carbons (Fsp3) is 0.474. The van der Waals surface area contributed by atoms with Gasteiger partial charge in [0, 0.05) is 0 Å². The molecule has 0 spiro atoms. The van der Waals surface area contributed by atoms with E-state index in [9.17, 15) is 0 Å². The highest BCUT2D eigenvalue weighted by Gasteiger charge is 2.27. The molecule has 1 heteroatoms. The number of aryl methyl sites for hydroxylation is 2. The Kier molecular flexibility index (Phi) is 4.39. The van der Waals surface area contributed by atoms with Crippen LogP contribution < -0.4 is 0 Å². The maximum atomic E-state index is 2.47. The molecule has 0 N–H and O–H groups in total. The highest BCUT2D eigenvalue weighted by Crippen LogP contribution is 2.34. The van der Waals surface area contributed by atoms with E-state index in [4.69, 9.17) is 0 Å². The number of hydrogen-bond donors (Lipinski definition) is 0. The van der Waals surface area contributed by atoms with Gasteiger partial charge in [-0.15, -0.1) is 0 Å². The van der Waals surface area contributed by atoms with Crippen LogP contribution in [0.15, 0.2) is 41.1 Å². The summed E-state index contributed by atoms with van der Waals surface area (Å²) in [7, 11) is -1.20. The lowest BCUT2D eigenvalue weighted by molar-refractivity contribution is 0.690. The molecule has 20 heavy (non-hydrogen) atoms. The van der Waals surface area contributed by atoms with Gasteiger partial charge in [0.2, 0.25) is 0 Å². The van der Waals surface area contributed by atoms with Crippen LogP contribution in [-0.4, -0.2) is 8.07 Å². The van der Waals surface area contributed by atoms with Gasteiger partial charge >= 0.3 is 0 Å². The molecule has 0 bridgehead atoms. The highest BCUT2D eigenvalue weighted by atomic mass is 28.3. The van der Waals surface area contributed by atoms with Crippen LogP contribution >= 0.6 is 0 Å². The quantitative estimate of drug-likeness (QED) is 0.630. The minimum absolute atomic E-state index is 0.636. The molecule has 0 aromatic heterocycles. The molecule has 0 heterocycles. The first-order valence-electron chi connectivity index (χ1n) is 7.75. The van der Waals surface area contributed by atoms with E-state index in [1.54, 1.807) is 10.8 Å². The molecule has 0 amide bonds. The van der Waals surface area contributed by atoms with E-state index in [2.05, 4.69) is 70.8 Å². The Labute approximate surface area is 125 Å². The number of rotatable bonds is 4. The zero-order valence-corrected chi connectivity index (χ0v) is 14.9. The Bertz CT molecular complexity index is 535. The Morgan fingerprint density at radius 2 is 1.60 bits per heavy atom. The maximum Gasteiger partial charge on any atom is 0.0775 e. The molecule has 2 rings (SSSR count). The Balaban J connectivity index is 2.17. The largest absolute Gasteiger partial charge is 0.0812 e. The molecule has 1 aliphatic rings. The first-order valence-corrected chi connectivity index (χ1v) is 11.3. The lowest BCUT2D eigenvalue weighted by atomic mass is 9.92. The summed E-state index contributed by atoms with van der Waals surface area (Å²) in [6.45, 7) is 14.2. The smallest absolute Gasteiger partial charge is 0.0775 e. The van der Waals surface area contributed by atoms with Gasteiger partial charge in [-0.3, -0.25) is 0 Å². The molecule has 1 aromatic rings. The van der Waals surface area contributed by atoms with Crippen molar-refractivity contribution in [1.29, 1.82) is 0 Å². The molecule has 108 valence electrons. The van der Waals surface area contributed by atoms with Gasteiger partial charge in [0.15, 0.2) is 0 Å². The minimum Gasteiger partial charge on any atom is -0.0812 e. The summed E-state index contributed by atoms with van der Waals surface area (Å²) in [5.41, 5.74) is 5.88. The second-order valence-corrected chi connectivity index (χ2v) is 12.4. The average Bonchev–Trinajstić information content (AvgIpc) is 2.75. The van der Waals surface area contributed by atoms with Gasteiger partial charge in [-0.1, -0.05) is 73.2 Å². The first-order chi connectivity index (χ1) is 9.27. The van der Waals surface area contributed by atoms with Crippen molar-refractivity contribution in [2.45, 2.75) is 53.3 Å². The molecule has 1 atom stereocenters. The van der Waals surface area contributed by atoms with Gasteiger partial charge in [0.25, 0.3) is 0 Å². The SMILES string of the molecule is Cc1cc(C)cc(CC(C)C2=CCC=C2[Si](C)(C)C)c1. The van der Waals surface area contributed by atoms with E-state index in [0.29, 0.717) is 5.92 Å². The molecule has 0 radical (unpaired) electrons. The standard InChI is InChI=1S/C19H28Si/c1-14-10-15(2)12-17(11-14)13-16(3)18-8-7-9-19(18)20(4,5)6/h8-12,16H,7,13H2,1-6H3. The molecule has 0 saturated heterocycles. The maximum absolute atomic E-state index is 2.47. The van der Waals surface area contributed by atoms with Gasteiger partial charge in [-0.25, -0.2) is 0 Å². The monoisotopic (exact) mass is 284 g/mol. The predicted octanol–water partition coefficient (Wildman–Crippen LogP) is 5.62. The summed E-state index contributed by atoms with van der Waals surface area (Å²) in [4.78, 5) is 0. The lowest BCUT2D eigenvalue weighted by Crippen LogP contribution is -2.26. The van der Waals surface area contributed by atoms with E-state index in [-0.39, 0.29) is 0 Å². The summed E-state index contributed by atoms with van der Waals surface area (Å²) < 4.78 is 0. The fourth-order valence-electron chi connectivity index (χ4n) is 3.39. The molecule has 1 aliphatic carbocycles. The van der Waals surface area contributed by atoms with Crippen LogP contribution in [0.1, 0.15) is 30.0 Å². The first kappa shape index (κ1) is 15.3. The highest BCUT2D eigenvalue weighted by molar-refractivity contribution is 6.84. The summed E-state index contributed by atoms with van der Waals surface area (Å²) in [6.07, 6.45) is 7.24. The van der Waals surface area contributed by atoms with E-state index in [0.717, 1.165) is 12.8 Å². The third kappa shape index (κ3) is 3.52. The van der Waals surface area contributed by atoms with Gasteiger partial charge in [-0.2, -0.15) is 0 Å². The molecule has 0 nitrogen and oxygen atoms in total. The number of benzene rings is 1. The molecule has 0 fully saturated rings. The second-order valence-electron chi connectivity index (χ2n) is 7.36. The van der Waals surface area contributed by atoms with Crippen molar-refractivity contribution in [1.82, 2.24) is 0 Å². The van der Waals surface area contributed by atoms with E-state index in [1.807, 2.05) is 0 Å². The molecular weight excluding hydrogens is 256 g/mol. The van der Waals surface area contributed by atoms with Crippen molar-refractivity contribution in [3.8, 4) is 0 Å². The summed E-state index contributed by atoms with van der Waals surface area (Å²) in [5, 5.41) is 1.69. The average molecular weight is 285 g/mol. The molecule has 1 aromatic carbocycles. The molecular formula is C19H28Si. The fourth-order valence-corrected chi connectivity index (χ4v) is 5.33. The lowest BCUT2D eigenvalue weighted by Gasteiger charge is -2.25. The van der Waals surface area contributed by atoms with Crippen LogP contribution in [0, 0.1) is 19.8 Å². The van der Waals surface area contributed by atoms with Gasteiger partial charge in [-0.05, 0) is 43.7 Å². The van der Waals surface area contributed by atoms with Crippen molar-refractivity contribution < 1.29 is 0 Å². The van der Waals surface area contributed by atoms with Crippen molar-refractivity contribution in [2.24, 2.45) is 5.92 Å². The third-order valence-corrected chi connectivity index (χ3v) is 6.24. The van der Waals surface area contributed by atoms with Crippen LogP contribution in [0.3, 0.4) is 0 Å². The van der Waals surface area contributed by atoms with Crippen molar-refractivity contribution in [3.63, 3.8) is 0 Å². The van der Waals surface area contributed by atoms with Crippen LogP contribution in [0.25, 0.3) is 0 Å². The minimum atomic E-state index is -1.20. The molecule has 0 saturated carbocycles. The van der Waals surface area contributed by atoms with Gasteiger partial charge in [0.1, 0.15) is 0 Å². The van der Waals surface area contributed by atoms with Crippen LogP contribution in [-0.2, 0) is 6.42 Å². The zero-order valence-electron chi connectivity index (χ0n) is 13.9. The van der Waals surface area contributed by atoms with E-state index in [1.165, 1.54) is 16.7 Å². The second kappa shape index (κ2) is 5.73. The van der Waals surface area contributed by atoms with Crippen molar-refractivity contribution in [3.05, 3.63) is 57.8 Å². The van der Waals surface area contributed by atoms with Crippen LogP contribution in [0.4, 0.5) is 0 Å².